The largest absolute Gasteiger partial charge is 0.433 e. The lowest BCUT2D eigenvalue weighted by Gasteiger charge is -2.36. The molecule has 5 nitrogen and oxygen atoms in total. The van der Waals surface area contributed by atoms with Crippen LogP contribution in [0.2, 0.25) is 0 Å². The van der Waals surface area contributed by atoms with E-state index in [1.807, 2.05) is 6.07 Å². The predicted octanol–water partition coefficient (Wildman–Crippen LogP) is 2.81. The fourth-order valence-electron chi connectivity index (χ4n) is 3.52. The average molecular weight is 352 g/mol. The molecule has 1 saturated carbocycles. The Morgan fingerprint density at radius 3 is 2.56 bits per heavy atom. The number of piperazine rings is 1. The predicted molar refractivity (Wildman–Crippen MR) is 84.7 cm³/mol. The molecule has 0 spiro atoms. The van der Waals surface area contributed by atoms with Gasteiger partial charge in [-0.2, -0.15) is 18.4 Å². The van der Waals surface area contributed by atoms with E-state index < -0.39 is 11.9 Å². The first-order valence-corrected chi connectivity index (χ1v) is 8.39. The number of hydrogen-bond donors (Lipinski definition) is 0. The number of carbonyl (C=O) groups excluding carboxylic acids is 1. The van der Waals surface area contributed by atoms with Crippen molar-refractivity contribution in [3.8, 4) is 6.07 Å². The highest BCUT2D eigenvalue weighted by Crippen LogP contribution is 2.31. The number of carbonyl (C=O) groups is 1. The minimum absolute atomic E-state index is 0.0459. The summed E-state index contributed by atoms with van der Waals surface area (Å²) >= 11 is 0. The molecule has 2 aliphatic rings. The number of aromatic nitrogens is 1. The number of halogens is 3. The number of anilines is 1. The van der Waals surface area contributed by atoms with E-state index in [2.05, 4.69) is 4.98 Å². The van der Waals surface area contributed by atoms with Crippen LogP contribution in [-0.2, 0) is 11.0 Å². The minimum Gasteiger partial charge on any atom is -0.344 e. The Kier molecular flexibility index (Phi) is 4.84. The Morgan fingerprint density at radius 2 is 1.96 bits per heavy atom. The van der Waals surface area contributed by atoms with Gasteiger partial charge in [-0.05, 0) is 30.9 Å². The maximum atomic E-state index is 12.9. The third kappa shape index (κ3) is 3.86. The molecule has 2 fully saturated rings. The summed E-state index contributed by atoms with van der Waals surface area (Å²) in [6.45, 7) is 1.49. The van der Waals surface area contributed by atoms with Crippen LogP contribution in [0.1, 0.15) is 36.9 Å². The van der Waals surface area contributed by atoms with Crippen molar-refractivity contribution in [3.63, 3.8) is 0 Å². The molecule has 1 aromatic heterocycles. The third-order valence-electron chi connectivity index (χ3n) is 4.86. The molecule has 1 amide bonds. The molecule has 3 rings (SSSR count). The quantitative estimate of drug-likeness (QED) is 0.839. The van der Waals surface area contributed by atoms with E-state index in [4.69, 9.17) is 5.26 Å². The molecule has 1 aliphatic heterocycles. The SMILES string of the molecule is N#Cc1ccc(C(F)(F)F)nc1N1CCN(CC2CCCC2)C(=O)C1. The monoisotopic (exact) mass is 352 g/mol. The van der Waals surface area contributed by atoms with Crippen LogP contribution >= 0.6 is 0 Å². The van der Waals surface area contributed by atoms with Gasteiger partial charge >= 0.3 is 6.18 Å². The standard InChI is InChI=1S/C17H19F3N4O/c18-17(19,20)14-6-5-13(9-21)16(22-14)24-8-7-23(15(25)11-24)10-12-3-1-2-4-12/h5-6,12H,1-4,7-8,10-11H2. The molecule has 0 N–H and O–H groups in total. The van der Waals surface area contributed by atoms with Crippen LogP contribution < -0.4 is 4.90 Å². The molecule has 0 atom stereocenters. The lowest BCUT2D eigenvalue weighted by atomic mass is 10.1. The van der Waals surface area contributed by atoms with E-state index in [-0.39, 0.29) is 23.8 Å². The fraction of sp³-hybridized carbons (Fsp3) is 0.588. The second kappa shape index (κ2) is 6.90. The van der Waals surface area contributed by atoms with Crippen molar-refractivity contribution in [1.29, 1.82) is 5.26 Å². The first-order valence-electron chi connectivity index (χ1n) is 8.39. The van der Waals surface area contributed by atoms with E-state index in [0.717, 1.165) is 25.0 Å². The molecule has 134 valence electrons. The van der Waals surface area contributed by atoms with Crippen LogP contribution in [0.25, 0.3) is 0 Å². The number of amides is 1. The lowest BCUT2D eigenvalue weighted by molar-refractivity contribution is -0.141. The molecule has 1 aliphatic carbocycles. The van der Waals surface area contributed by atoms with Crippen LogP contribution in [0, 0.1) is 17.2 Å². The number of alkyl halides is 3. The van der Waals surface area contributed by atoms with Crippen molar-refractivity contribution >= 4 is 11.7 Å². The van der Waals surface area contributed by atoms with Crippen LogP contribution in [-0.4, -0.2) is 42.0 Å². The zero-order valence-electron chi connectivity index (χ0n) is 13.7. The van der Waals surface area contributed by atoms with Crippen LogP contribution in [0.4, 0.5) is 19.0 Å². The number of nitriles is 1. The van der Waals surface area contributed by atoms with Crippen LogP contribution in [0.5, 0.6) is 0 Å². The van der Waals surface area contributed by atoms with Crippen molar-refractivity contribution in [2.75, 3.05) is 31.1 Å². The molecule has 25 heavy (non-hydrogen) atoms. The molecular weight excluding hydrogens is 333 g/mol. The molecular formula is C17H19F3N4O. The zero-order valence-corrected chi connectivity index (χ0v) is 13.7. The normalized spacial score (nSPS) is 19.4. The van der Waals surface area contributed by atoms with Gasteiger partial charge in [0, 0.05) is 19.6 Å². The number of nitrogens with zero attached hydrogens (tertiary/aromatic N) is 4. The zero-order chi connectivity index (χ0) is 18.0. The number of rotatable bonds is 3. The van der Waals surface area contributed by atoms with Crippen LogP contribution in [0.15, 0.2) is 12.1 Å². The van der Waals surface area contributed by atoms with Crippen molar-refractivity contribution in [2.45, 2.75) is 31.9 Å². The summed E-state index contributed by atoms with van der Waals surface area (Å²) in [6.07, 6.45) is 0.0522. The van der Waals surface area contributed by atoms with Gasteiger partial charge in [0.15, 0.2) is 0 Å². The van der Waals surface area contributed by atoms with Crippen molar-refractivity contribution in [3.05, 3.63) is 23.4 Å². The molecule has 0 aromatic carbocycles. The molecule has 0 bridgehead atoms. The Bertz CT molecular complexity index is 692. The molecule has 0 unspecified atom stereocenters. The molecule has 1 saturated heterocycles. The van der Waals surface area contributed by atoms with Crippen molar-refractivity contribution in [1.82, 2.24) is 9.88 Å². The third-order valence-corrected chi connectivity index (χ3v) is 4.86. The highest BCUT2D eigenvalue weighted by atomic mass is 19.4. The smallest absolute Gasteiger partial charge is 0.344 e. The van der Waals surface area contributed by atoms with Gasteiger partial charge in [0.05, 0.1) is 12.1 Å². The van der Waals surface area contributed by atoms with Crippen LogP contribution in [0.3, 0.4) is 0 Å². The van der Waals surface area contributed by atoms with Gasteiger partial charge in [0.1, 0.15) is 17.6 Å². The average Bonchev–Trinajstić information content (AvgIpc) is 3.08. The van der Waals surface area contributed by atoms with Gasteiger partial charge in [-0.1, -0.05) is 12.8 Å². The second-order valence-electron chi connectivity index (χ2n) is 6.59. The maximum Gasteiger partial charge on any atom is 0.433 e. The van der Waals surface area contributed by atoms with Crippen molar-refractivity contribution < 1.29 is 18.0 Å². The van der Waals surface area contributed by atoms with E-state index >= 15 is 0 Å². The summed E-state index contributed by atoms with van der Waals surface area (Å²) in [5, 5.41) is 9.16. The van der Waals surface area contributed by atoms with Gasteiger partial charge in [-0.25, -0.2) is 4.98 Å². The van der Waals surface area contributed by atoms with Gasteiger partial charge in [-0.15, -0.1) is 0 Å². The van der Waals surface area contributed by atoms with Gasteiger partial charge in [0.25, 0.3) is 0 Å². The van der Waals surface area contributed by atoms with Gasteiger partial charge in [0.2, 0.25) is 5.91 Å². The highest BCUT2D eigenvalue weighted by molar-refractivity contribution is 5.83. The summed E-state index contributed by atoms with van der Waals surface area (Å²) in [7, 11) is 0. The Balaban J connectivity index is 1.75. The van der Waals surface area contributed by atoms with E-state index in [0.29, 0.717) is 25.6 Å². The summed E-state index contributed by atoms with van der Waals surface area (Å²) in [4.78, 5) is 19.3. The summed E-state index contributed by atoms with van der Waals surface area (Å²) in [5.74, 6) is 0.337. The molecule has 0 radical (unpaired) electrons. The van der Waals surface area contributed by atoms with Gasteiger partial charge in [-0.3, -0.25) is 4.79 Å². The summed E-state index contributed by atoms with van der Waals surface area (Å²) in [6, 6.07) is 3.76. The van der Waals surface area contributed by atoms with E-state index in [1.54, 1.807) is 4.90 Å². The lowest BCUT2D eigenvalue weighted by Crippen LogP contribution is -2.52. The molecule has 2 heterocycles. The van der Waals surface area contributed by atoms with E-state index in [9.17, 15) is 18.0 Å². The second-order valence-corrected chi connectivity index (χ2v) is 6.59. The molecule has 1 aromatic rings. The minimum atomic E-state index is -4.59. The first kappa shape index (κ1) is 17.5. The maximum absolute atomic E-state index is 12.9. The number of hydrogen-bond acceptors (Lipinski definition) is 4. The molecule has 8 heteroatoms. The summed E-state index contributed by atoms with van der Waals surface area (Å²) < 4.78 is 38.7. The Morgan fingerprint density at radius 1 is 1.24 bits per heavy atom. The Hall–Kier alpha value is -2.30. The fourth-order valence-corrected chi connectivity index (χ4v) is 3.52. The van der Waals surface area contributed by atoms with Crippen molar-refractivity contribution in [2.24, 2.45) is 5.92 Å². The van der Waals surface area contributed by atoms with Gasteiger partial charge < -0.3 is 9.80 Å². The van der Waals surface area contributed by atoms with E-state index in [1.165, 1.54) is 17.7 Å². The topological polar surface area (TPSA) is 60.2 Å². The first-order chi connectivity index (χ1) is 11.9. The summed E-state index contributed by atoms with van der Waals surface area (Å²) in [5.41, 5.74) is -1.01. The number of pyridine rings is 1. The Labute approximate surface area is 144 Å². The highest BCUT2D eigenvalue weighted by Gasteiger charge is 2.35.